The number of carbonyl (C=O) groups is 2. The lowest BCUT2D eigenvalue weighted by atomic mass is 9.75. The number of Topliss-reactive ketones (excluding diaryl/α,β-unsaturated/α-hetero) is 1. The van der Waals surface area contributed by atoms with Crippen LogP contribution in [0.5, 0.6) is 0 Å². The molecule has 192 valence electrons. The number of hydrogen-bond acceptors (Lipinski definition) is 10. The Kier molecular flexibility index (Phi) is 7.46. The highest BCUT2D eigenvalue weighted by molar-refractivity contribution is 8.01. The normalized spacial score (nSPS) is 17.3. The van der Waals surface area contributed by atoms with Gasteiger partial charge in [-0.25, -0.2) is 4.98 Å². The van der Waals surface area contributed by atoms with E-state index in [4.69, 9.17) is 17.3 Å². The molecule has 1 aliphatic carbocycles. The van der Waals surface area contributed by atoms with Crippen molar-refractivity contribution in [3.05, 3.63) is 81.5 Å². The second-order valence-corrected chi connectivity index (χ2v) is 11.2. The Morgan fingerprint density at radius 3 is 2.87 bits per heavy atom. The van der Waals surface area contributed by atoms with E-state index >= 15 is 0 Å². The number of nitriles is 1. The lowest BCUT2D eigenvalue weighted by Gasteiger charge is -2.38. The number of aromatic nitrogens is 3. The molecule has 1 aliphatic heterocycles. The number of rotatable bonds is 6. The van der Waals surface area contributed by atoms with Crippen LogP contribution in [-0.2, 0) is 9.59 Å². The van der Waals surface area contributed by atoms with Gasteiger partial charge in [0.15, 0.2) is 15.3 Å². The average Bonchev–Trinajstić information content (AvgIpc) is 3.37. The summed E-state index contributed by atoms with van der Waals surface area (Å²) in [6.07, 6.45) is 3.26. The molecule has 0 spiro atoms. The third-order valence-corrected chi connectivity index (χ3v) is 8.70. The summed E-state index contributed by atoms with van der Waals surface area (Å²) in [6, 6.07) is 13.4. The van der Waals surface area contributed by atoms with Crippen LogP contribution in [0.4, 0.5) is 10.8 Å². The summed E-state index contributed by atoms with van der Waals surface area (Å²) in [5.74, 6) is -0.462. The van der Waals surface area contributed by atoms with Crippen LogP contribution in [0.3, 0.4) is 0 Å². The van der Waals surface area contributed by atoms with Gasteiger partial charge in [0.25, 0.3) is 0 Å². The van der Waals surface area contributed by atoms with Crippen LogP contribution in [0.1, 0.15) is 36.3 Å². The van der Waals surface area contributed by atoms with Crippen molar-refractivity contribution in [2.24, 2.45) is 5.73 Å². The second-order valence-electron chi connectivity index (χ2n) is 8.70. The number of ketones is 1. The van der Waals surface area contributed by atoms with Crippen molar-refractivity contribution in [1.82, 2.24) is 15.2 Å². The zero-order valence-electron chi connectivity index (χ0n) is 20.3. The Morgan fingerprint density at radius 1 is 1.29 bits per heavy atom. The summed E-state index contributed by atoms with van der Waals surface area (Å²) in [4.78, 5) is 31.3. The highest BCUT2D eigenvalue weighted by Gasteiger charge is 2.41. The largest absolute Gasteiger partial charge is 0.384 e. The fraction of sp³-hybridized carbons (Fsp3) is 0.231. The zero-order chi connectivity index (χ0) is 26.8. The minimum absolute atomic E-state index is 0.00889. The zero-order valence-corrected chi connectivity index (χ0v) is 22.7. The minimum Gasteiger partial charge on any atom is -0.384 e. The first kappa shape index (κ1) is 25.9. The van der Waals surface area contributed by atoms with Crippen molar-refractivity contribution in [2.45, 2.75) is 36.4 Å². The smallest absolute Gasteiger partial charge is 0.234 e. The molecular weight excluding hydrogens is 542 g/mol. The van der Waals surface area contributed by atoms with Crippen molar-refractivity contribution in [3.8, 4) is 6.07 Å². The molecule has 0 saturated carbocycles. The van der Waals surface area contributed by atoms with E-state index in [2.05, 4.69) is 26.6 Å². The third kappa shape index (κ3) is 4.90. The number of nitrogens with two attached hydrogens (primary N) is 1. The Hall–Kier alpha value is -3.72. The molecule has 3 heterocycles. The summed E-state index contributed by atoms with van der Waals surface area (Å²) in [6.45, 7) is 1.97. The first-order valence-electron chi connectivity index (χ1n) is 11.8. The summed E-state index contributed by atoms with van der Waals surface area (Å²) >= 11 is 8.47. The molecule has 1 unspecified atom stereocenters. The predicted molar refractivity (Wildman–Crippen MR) is 148 cm³/mol. The number of aryl methyl sites for hydroxylation is 1. The molecule has 1 aromatic carbocycles. The van der Waals surface area contributed by atoms with Gasteiger partial charge in [-0.15, -0.1) is 10.2 Å². The molecule has 2 aliphatic rings. The Labute approximate surface area is 232 Å². The number of benzene rings is 1. The number of hydrogen-bond donors (Lipinski definition) is 2. The van der Waals surface area contributed by atoms with E-state index in [9.17, 15) is 14.9 Å². The molecule has 38 heavy (non-hydrogen) atoms. The quantitative estimate of drug-likeness (QED) is 0.315. The molecule has 0 bridgehead atoms. The first-order chi connectivity index (χ1) is 18.4. The van der Waals surface area contributed by atoms with E-state index in [1.807, 2.05) is 31.2 Å². The number of anilines is 2. The van der Waals surface area contributed by atoms with E-state index in [0.717, 1.165) is 16.8 Å². The highest BCUT2D eigenvalue weighted by atomic mass is 35.5. The van der Waals surface area contributed by atoms with Crippen LogP contribution >= 0.6 is 34.7 Å². The van der Waals surface area contributed by atoms with Crippen molar-refractivity contribution in [1.29, 1.82) is 5.26 Å². The predicted octanol–water partition coefficient (Wildman–Crippen LogP) is 4.93. The SMILES string of the molecule is Cc1ccccc1C1C(C#N)=C(N)N(c2nnc(SCC(=O)Nc3cccnc3Cl)s2)C2=C1C(=O)CCC2. The van der Waals surface area contributed by atoms with Gasteiger partial charge in [0, 0.05) is 23.9 Å². The molecule has 2 aromatic heterocycles. The summed E-state index contributed by atoms with van der Waals surface area (Å²) < 4.78 is 0.545. The van der Waals surface area contributed by atoms with Crippen LogP contribution in [-0.4, -0.2) is 32.6 Å². The van der Waals surface area contributed by atoms with Crippen molar-refractivity contribution in [2.75, 3.05) is 16.0 Å². The number of nitrogens with one attached hydrogen (secondary N) is 1. The van der Waals surface area contributed by atoms with Crippen molar-refractivity contribution in [3.63, 3.8) is 0 Å². The highest BCUT2D eigenvalue weighted by Crippen LogP contribution is 2.47. The van der Waals surface area contributed by atoms with Gasteiger partial charge in [-0.05, 0) is 43.0 Å². The van der Waals surface area contributed by atoms with E-state index in [0.29, 0.717) is 45.6 Å². The molecule has 9 nitrogen and oxygen atoms in total. The molecule has 1 amide bonds. The number of pyridine rings is 1. The van der Waals surface area contributed by atoms with Crippen LogP contribution in [0.25, 0.3) is 0 Å². The fourth-order valence-corrected chi connectivity index (χ4v) is 6.52. The summed E-state index contributed by atoms with van der Waals surface area (Å²) in [5.41, 5.74) is 10.6. The van der Waals surface area contributed by atoms with Gasteiger partial charge in [-0.2, -0.15) is 5.26 Å². The van der Waals surface area contributed by atoms with Gasteiger partial charge in [-0.3, -0.25) is 14.5 Å². The lowest BCUT2D eigenvalue weighted by molar-refractivity contribution is -0.116. The van der Waals surface area contributed by atoms with Gasteiger partial charge in [0.1, 0.15) is 5.82 Å². The Balaban J connectivity index is 1.44. The number of allylic oxidation sites excluding steroid dienone is 3. The van der Waals surface area contributed by atoms with Gasteiger partial charge in [-0.1, -0.05) is 59.0 Å². The fourth-order valence-electron chi connectivity index (χ4n) is 4.67. The van der Waals surface area contributed by atoms with Crippen LogP contribution in [0, 0.1) is 18.3 Å². The van der Waals surface area contributed by atoms with Crippen molar-refractivity contribution >= 4 is 57.2 Å². The second kappa shape index (κ2) is 10.9. The number of thioether (sulfide) groups is 1. The van der Waals surface area contributed by atoms with Gasteiger partial charge < -0.3 is 11.1 Å². The molecule has 3 N–H and O–H groups in total. The standard InChI is InChI=1S/C26H22ClN7O2S2/c1-14-6-2-3-7-15(14)21-16(12-28)24(29)34(18-9-4-10-19(35)22(18)21)25-32-33-26(38-25)37-13-20(36)31-17-8-5-11-30-23(17)27/h2-3,5-8,11,21H,4,9-10,13,29H2,1H3,(H,31,36). The maximum Gasteiger partial charge on any atom is 0.234 e. The van der Waals surface area contributed by atoms with E-state index in [1.54, 1.807) is 17.0 Å². The summed E-state index contributed by atoms with van der Waals surface area (Å²) in [7, 11) is 0. The van der Waals surface area contributed by atoms with Gasteiger partial charge >= 0.3 is 0 Å². The molecule has 3 aromatic rings. The number of amides is 1. The molecular formula is C26H22ClN7O2S2. The average molecular weight is 564 g/mol. The molecule has 5 rings (SSSR count). The Morgan fingerprint density at radius 2 is 2.11 bits per heavy atom. The minimum atomic E-state index is -0.523. The maximum absolute atomic E-state index is 13.3. The molecule has 0 fully saturated rings. The van der Waals surface area contributed by atoms with Gasteiger partial charge in [0.05, 0.1) is 29.0 Å². The third-order valence-electron chi connectivity index (χ3n) is 6.36. The van der Waals surface area contributed by atoms with Crippen LogP contribution in [0.2, 0.25) is 5.15 Å². The van der Waals surface area contributed by atoms with Crippen LogP contribution in [0.15, 0.2) is 69.6 Å². The van der Waals surface area contributed by atoms with E-state index in [1.165, 1.54) is 29.3 Å². The van der Waals surface area contributed by atoms with Gasteiger partial charge in [0.2, 0.25) is 11.0 Å². The van der Waals surface area contributed by atoms with Crippen molar-refractivity contribution < 1.29 is 9.59 Å². The topological polar surface area (TPSA) is 138 Å². The monoisotopic (exact) mass is 563 g/mol. The molecule has 1 atom stereocenters. The maximum atomic E-state index is 13.3. The number of carbonyl (C=O) groups excluding carboxylic acids is 2. The van der Waals surface area contributed by atoms with Crippen LogP contribution < -0.4 is 16.0 Å². The molecule has 12 heteroatoms. The number of nitrogens with zero attached hydrogens (tertiary/aromatic N) is 5. The first-order valence-corrected chi connectivity index (χ1v) is 13.9. The summed E-state index contributed by atoms with van der Waals surface area (Å²) in [5, 5.41) is 22.1. The lowest BCUT2D eigenvalue weighted by Crippen LogP contribution is -2.38. The molecule has 0 saturated heterocycles. The van der Waals surface area contributed by atoms with E-state index < -0.39 is 5.92 Å². The van der Waals surface area contributed by atoms with E-state index in [-0.39, 0.29) is 28.4 Å². The Bertz CT molecular complexity index is 1540. The number of halogens is 1. The molecule has 0 radical (unpaired) electrons.